The van der Waals surface area contributed by atoms with Gasteiger partial charge in [-0.25, -0.2) is 0 Å². The minimum Gasteiger partial charge on any atom is -0.396 e. The van der Waals surface area contributed by atoms with Crippen LogP contribution in [0.5, 0.6) is 0 Å². The zero-order chi connectivity index (χ0) is 8.27. The maximum absolute atomic E-state index is 8.67. The molecule has 0 aromatic heterocycles. The second kappa shape index (κ2) is 4.07. The number of likely N-dealkylation sites (tertiary alicyclic amines) is 1. The summed E-state index contributed by atoms with van der Waals surface area (Å²) in [5, 5.41) is 8.67. The molecule has 1 rings (SSSR count). The Morgan fingerprint density at radius 2 is 1.82 bits per heavy atom. The topological polar surface area (TPSA) is 23.5 Å². The Bertz CT molecular complexity index is 106. The second-order valence-corrected chi connectivity index (χ2v) is 3.59. The first-order valence-electron chi connectivity index (χ1n) is 4.62. The number of hydrogen-bond donors (Lipinski definition) is 1. The van der Waals surface area contributed by atoms with Crippen molar-refractivity contribution in [1.29, 1.82) is 0 Å². The highest BCUT2D eigenvalue weighted by atomic mass is 16.3. The number of aliphatic hydroxyl groups excluding tert-OH is 1. The third kappa shape index (κ3) is 2.17. The minimum atomic E-state index is 0.329. The largest absolute Gasteiger partial charge is 0.396 e. The van der Waals surface area contributed by atoms with Gasteiger partial charge in [0.05, 0.1) is 0 Å². The van der Waals surface area contributed by atoms with Gasteiger partial charge in [-0.2, -0.15) is 0 Å². The van der Waals surface area contributed by atoms with Gasteiger partial charge in [0.2, 0.25) is 0 Å². The average molecular weight is 157 g/mol. The van der Waals surface area contributed by atoms with Crippen LogP contribution < -0.4 is 0 Å². The van der Waals surface area contributed by atoms with Crippen molar-refractivity contribution in [2.75, 3.05) is 13.2 Å². The summed E-state index contributed by atoms with van der Waals surface area (Å²) < 4.78 is 0. The fourth-order valence-corrected chi connectivity index (χ4v) is 1.94. The van der Waals surface area contributed by atoms with Gasteiger partial charge < -0.3 is 5.11 Å². The molecule has 1 fully saturated rings. The van der Waals surface area contributed by atoms with Crippen molar-refractivity contribution in [1.82, 2.24) is 4.90 Å². The number of aliphatic hydroxyl groups is 1. The van der Waals surface area contributed by atoms with E-state index in [1.54, 1.807) is 0 Å². The molecule has 0 aliphatic carbocycles. The van der Waals surface area contributed by atoms with Crippen molar-refractivity contribution < 1.29 is 5.11 Å². The van der Waals surface area contributed by atoms with E-state index in [9.17, 15) is 0 Å². The van der Waals surface area contributed by atoms with Crippen LogP contribution in [0.1, 0.15) is 33.1 Å². The van der Waals surface area contributed by atoms with Crippen LogP contribution >= 0.6 is 0 Å². The van der Waals surface area contributed by atoms with Crippen LogP contribution in [0, 0.1) is 0 Å². The molecule has 0 aromatic rings. The summed E-state index contributed by atoms with van der Waals surface area (Å²) in [7, 11) is 0. The van der Waals surface area contributed by atoms with Gasteiger partial charge in [-0.05, 0) is 33.1 Å². The molecule has 0 aromatic carbocycles. The van der Waals surface area contributed by atoms with Gasteiger partial charge in [-0.3, -0.25) is 4.90 Å². The molecule has 1 heterocycles. The zero-order valence-corrected chi connectivity index (χ0v) is 7.58. The molecule has 2 heteroatoms. The maximum atomic E-state index is 8.67. The second-order valence-electron chi connectivity index (χ2n) is 3.59. The van der Waals surface area contributed by atoms with Gasteiger partial charge >= 0.3 is 0 Å². The first-order chi connectivity index (χ1) is 5.25. The molecular formula is C9H19NO. The van der Waals surface area contributed by atoms with Crippen LogP contribution in [0.4, 0.5) is 0 Å². The van der Waals surface area contributed by atoms with E-state index in [0.717, 1.165) is 25.0 Å². The Balaban J connectivity index is 2.29. The third-order valence-corrected chi connectivity index (χ3v) is 2.71. The van der Waals surface area contributed by atoms with Crippen molar-refractivity contribution in [3.63, 3.8) is 0 Å². The molecule has 0 radical (unpaired) electrons. The SMILES string of the molecule is CC1CCC(C)N1CCCO. The molecule has 1 saturated heterocycles. The molecule has 0 bridgehead atoms. The smallest absolute Gasteiger partial charge is 0.0443 e. The van der Waals surface area contributed by atoms with E-state index in [1.807, 2.05) is 0 Å². The van der Waals surface area contributed by atoms with E-state index in [1.165, 1.54) is 12.8 Å². The van der Waals surface area contributed by atoms with Crippen LogP contribution in [0.25, 0.3) is 0 Å². The Morgan fingerprint density at radius 1 is 1.27 bits per heavy atom. The molecule has 11 heavy (non-hydrogen) atoms. The summed E-state index contributed by atoms with van der Waals surface area (Å²) in [5.41, 5.74) is 0. The highest BCUT2D eigenvalue weighted by Gasteiger charge is 2.25. The van der Waals surface area contributed by atoms with Gasteiger partial charge in [0.1, 0.15) is 0 Å². The number of hydrogen-bond acceptors (Lipinski definition) is 2. The lowest BCUT2D eigenvalue weighted by atomic mass is 10.2. The normalized spacial score (nSPS) is 33.0. The van der Waals surface area contributed by atoms with Crippen LogP contribution in [-0.2, 0) is 0 Å². The molecule has 1 aliphatic rings. The van der Waals surface area contributed by atoms with Crippen molar-refractivity contribution in [3.05, 3.63) is 0 Å². The summed E-state index contributed by atoms with van der Waals surface area (Å²) >= 11 is 0. The zero-order valence-electron chi connectivity index (χ0n) is 7.58. The highest BCUT2D eigenvalue weighted by molar-refractivity contribution is 4.81. The van der Waals surface area contributed by atoms with E-state index >= 15 is 0 Å². The Kier molecular flexibility index (Phi) is 3.34. The molecule has 1 aliphatic heterocycles. The number of rotatable bonds is 3. The van der Waals surface area contributed by atoms with E-state index in [2.05, 4.69) is 18.7 Å². The predicted molar refractivity (Wildman–Crippen MR) is 46.6 cm³/mol. The monoisotopic (exact) mass is 157 g/mol. The fourth-order valence-electron chi connectivity index (χ4n) is 1.94. The van der Waals surface area contributed by atoms with Crippen molar-refractivity contribution in [2.45, 2.75) is 45.2 Å². The van der Waals surface area contributed by atoms with Crippen molar-refractivity contribution in [2.24, 2.45) is 0 Å². The first-order valence-corrected chi connectivity index (χ1v) is 4.62. The molecule has 0 saturated carbocycles. The summed E-state index contributed by atoms with van der Waals surface area (Å²) in [6, 6.07) is 1.47. The Hall–Kier alpha value is -0.0800. The predicted octanol–water partition coefficient (Wildman–Crippen LogP) is 1.24. The molecule has 0 amide bonds. The van der Waals surface area contributed by atoms with Gasteiger partial charge in [0, 0.05) is 25.2 Å². The average Bonchev–Trinajstić information content (AvgIpc) is 2.29. The van der Waals surface area contributed by atoms with Crippen LogP contribution in [0.15, 0.2) is 0 Å². The minimum absolute atomic E-state index is 0.329. The van der Waals surface area contributed by atoms with Crippen molar-refractivity contribution in [3.8, 4) is 0 Å². The van der Waals surface area contributed by atoms with Gasteiger partial charge in [0.15, 0.2) is 0 Å². The van der Waals surface area contributed by atoms with Crippen LogP contribution in [0.3, 0.4) is 0 Å². The fraction of sp³-hybridized carbons (Fsp3) is 1.00. The lowest BCUT2D eigenvalue weighted by molar-refractivity contribution is 0.186. The number of nitrogens with zero attached hydrogens (tertiary/aromatic N) is 1. The molecule has 0 spiro atoms. The van der Waals surface area contributed by atoms with Crippen LogP contribution in [-0.4, -0.2) is 35.2 Å². The third-order valence-electron chi connectivity index (χ3n) is 2.71. The van der Waals surface area contributed by atoms with Crippen LogP contribution in [0.2, 0.25) is 0 Å². The lowest BCUT2D eigenvalue weighted by Gasteiger charge is -2.25. The van der Waals surface area contributed by atoms with E-state index in [-0.39, 0.29) is 0 Å². The molecule has 2 nitrogen and oxygen atoms in total. The lowest BCUT2D eigenvalue weighted by Crippen LogP contribution is -2.33. The molecular weight excluding hydrogens is 138 g/mol. The van der Waals surface area contributed by atoms with Gasteiger partial charge in [-0.15, -0.1) is 0 Å². The molecule has 2 unspecified atom stereocenters. The van der Waals surface area contributed by atoms with E-state index in [0.29, 0.717) is 6.61 Å². The first kappa shape index (κ1) is 9.01. The summed E-state index contributed by atoms with van der Waals surface area (Å²) in [5.74, 6) is 0. The Labute approximate surface area is 69.2 Å². The van der Waals surface area contributed by atoms with E-state index < -0.39 is 0 Å². The summed E-state index contributed by atoms with van der Waals surface area (Å²) in [4.78, 5) is 2.50. The molecule has 2 atom stereocenters. The summed E-state index contributed by atoms with van der Waals surface area (Å²) in [6.07, 6.45) is 3.58. The molecule has 66 valence electrons. The maximum Gasteiger partial charge on any atom is 0.0443 e. The van der Waals surface area contributed by atoms with Gasteiger partial charge in [-0.1, -0.05) is 0 Å². The van der Waals surface area contributed by atoms with Crippen molar-refractivity contribution >= 4 is 0 Å². The summed E-state index contributed by atoms with van der Waals surface area (Å²) in [6.45, 7) is 5.95. The Morgan fingerprint density at radius 3 is 2.27 bits per heavy atom. The quantitative estimate of drug-likeness (QED) is 0.666. The standard InChI is InChI=1S/C9H19NO/c1-8-4-5-9(2)10(8)6-3-7-11/h8-9,11H,3-7H2,1-2H3. The highest BCUT2D eigenvalue weighted by Crippen LogP contribution is 2.22. The van der Waals surface area contributed by atoms with E-state index in [4.69, 9.17) is 5.11 Å². The molecule has 1 N–H and O–H groups in total. The van der Waals surface area contributed by atoms with Gasteiger partial charge in [0.25, 0.3) is 0 Å².